The van der Waals surface area contributed by atoms with Crippen molar-refractivity contribution in [1.82, 2.24) is 0 Å². The minimum absolute atomic E-state index is 1.45. The van der Waals surface area contributed by atoms with E-state index in [9.17, 15) is 0 Å². The maximum Gasteiger partial charge on any atom is 0.225 e. The minimum atomic E-state index is 1.45. The summed E-state index contributed by atoms with van der Waals surface area (Å²) in [7, 11) is 1.45. The zero-order valence-electron chi connectivity index (χ0n) is 2.84. The molecule has 0 fully saturated rings. The third kappa shape index (κ3) is 3.09. The molecular weight excluding hydrogens is 66.0 g/mol. The fourth-order valence-electron chi connectivity index (χ4n) is 0.0447. The topological polar surface area (TPSA) is 48.5 Å². The van der Waals surface area contributed by atoms with E-state index in [4.69, 9.17) is 5.26 Å². The van der Waals surface area contributed by atoms with Gasteiger partial charge in [0, 0.05) is 0 Å². The monoisotopic (exact) mass is 69.0 g/mol. The Morgan fingerprint density at radius 2 is 2.40 bits per heavy atom. The van der Waals surface area contributed by atoms with Crippen molar-refractivity contribution in [3.05, 3.63) is 0 Å². The van der Waals surface area contributed by atoms with Gasteiger partial charge in [-0.1, -0.05) is 5.11 Å². The molecule has 5 heavy (non-hydrogen) atoms. The molecule has 26 valence electrons. The van der Waals surface area contributed by atoms with E-state index in [0.717, 1.165) is 0 Å². The van der Waals surface area contributed by atoms with Crippen LogP contribution in [-0.4, -0.2) is 7.05 Å². The summed E-state index contributed by atoms with van der Waals surface area (Å²) in [6.45, 7) is 0. The molecule has 0 radical (unpaired) electrons. The standard InChI is InChI=1S/C2H3N3/c1-4-5-2-3/h1H3/b5-4+. The number of hydrogen-bond donors (Lipinski definition) is 0. The van der Waals surface area contributed by atoms with Crippen LogP contribution in [0.5, 0.6) is 0 Å². The molecule has 0 saturated carbocycles. The first-order valence-corrected chi connectivity index (χ1v) is 1.09. The quantitative estimate of drug-likeness (QED) is 0.302. The Balaban J connectivity index is 3.04. The Morgan fingerprint density at radius 1 is 1.80 bits per heavy atom. The summed E-state index contributed by atoms with van der Waals surface area (Å²) in [6.07, 6.45) is 1.48. The Labute approximate surface area is 29.9 Å². The van der Waals surface area contributed by atoms with Crippen molar-refractivity contribution in [2.24, 2.45) is 10.2 Å². The number of azo groups is 1. The summed E-state index contributed by atoms with van der Waals surface area (Å²) < 4.78 is 0. The van der Waals surface area contributed by atoms with Gasteiger partial charge in [0.05, 0.1) is 7.05 Å². The maximum absolute atomic E-state index is 7.56. The molecule has 0 aliphatic rings. The van der Waals surface area contributed by atoms with E-state index < -0.39 is 0 Å². The summed E-state index contributed by atoms with van der Waals surface area (Å²) in [4.78, 5) is 0. The lowest BCUT2D eigenvalue weighted by Crippen LogP contribution is -1.38. The second-order valence-corrected chi connectivity index (χ2v) is 0.400. The zero-order valence-corrected chi connectivity index (χ0v) is 2.84. The summed E-state index contributed by atoms with van der Waals surface area (Å²) in [5, 5.41) is 13.6. The molecule has 0 saturated heterocycles. The van der Waals surface area contributed by atoms with Gasteiger partial charge in [-0.15, -0.1) is 0 Å². The van der Waals surface area contributed by atoms with Crippen molar-refractivity contribution < 1.29 is 0 Å². The van der Waals surface area contributed by atoms with Crippen molar-refractivity contribution in [3.8, 4) is 6.19 Å². The van der Waals surface area contributed by atoms with Crippen LogP contribution in [0.15, 0.2) is 10.2 Å². The summed E-state index contributed by atoms with van der Waals surface area (Å²) in [5.41, 5.74) is 0. The average molecular weight is 69.1 g/mol. The molecule has 0 atom stereocenters. The highest BCUT2D eigenvalue weighted by molar-refractivity contribution is 4.56. The van der Waals surface area contributed by atoms with Crippen LogP contribution < -0.4 is 0 Å². The largest absolute Gasteiger partial charge is 0.225 e. The predicted molar refractivity (Wildman–Crippen MR) is 16.4 cm³/mol. The van der Waals surface area contributed by atoms with Gasteiger partial charge in [0.2, 0.25) is 6.19 Å². The first-order chi connectivity index (χ1) is 2.41. The SMILES string of the molecule is C/N=N/C#N. The molecule has 0 bridgehead atoms. The third-order valence-corrected chi connectivity index (χ3v) is 0.145. The molecular formula is C2H3N3. The Bertz CT molecular complexity index is 67.5. The second kappa shape index (κ2) is 3.09. The highest BCUT2D eigenvalue weighted by Gasteiger charge is 1.45. The first kappa shape index (κ1) is 4.09. The van der Waals surface area contributed by atoms with Crippen molar-refractivity contribution >= 4 is 0 Å². The van der Waals surface area contributed by atoms with Gasteiger partial charge in [-0.25, -0.2) is 0 Å². The van der Waals surface area contributed by atoms with Crippen LogP contribution in [0.1, 0.15) is 0 Å². The molecule has 0 heterocycles. The maximum atomic E-state index is 7.56. The van der Waals surface area contributed by atoms with Crippen LogP contribution in [0.4, 0.5) is 0 Å². The lowest BCUT2D eigenvalue weighted by atomic mass is 11.4. The van der Waals surface area contributed by atoms with Gasteiger partial charge in [0.25, 0.3) is 0 Å². The van der Waals surface area contributed by atoms with E-state index in [1.54, 1.807) is 0 Å². The molecule has 0 aromatic carbocycles. The average Bonchev–Trinajstić information content (AvgIpc) is 1.41. The molecule has 0 spiro atoms. The van der Waals surface area contributed by atoms with Gasteiger partial charge in [0.15, 0.2) is 0 Å². The fourth-order valence-corrected chi connectivity index (χ4v) is 0.0447. The lowest BCUT2D eigenvalue weighted by Gasteiger charge is -1.50. The Hall–Kier alpha value is -0.910. The van der Waals surface area contributed by atoms with Gasteiger partial charge >= 0.3 is 0 Å². The van der Waals surface area contributed by atoms with E-state index in [1.807, 2.05) is 0 Å². The predicted octanol–water partition coefficient (Wildman–Crippen LogP) is 0.549. The van der Waals surface area contributed by atoms with E-state index >= 15 is 0 Å². The van der Waals surface area contributed by atoms with Gasteiger partial charge in [0.1, 0.15) is 0 Å². The van der Waals surface area contributed by atoms with Gasteiger partial charge in [-0.05, 0) is 0 Å². The molecule has 0 N–H and O–H groups in total. The van der Waals surface area contributed by atoms with Crippen LogP contribution in [-0.2, 0) is 0 Å². The van der Waals surface area contributed by atoms with E-state index in [-0.39, 0.29) is 0 Å². The normalized spacial score (nSPS) is 8.00. The first-order valence-electron chi connectivity index (χ1n) is 1.09. The smallest absolute Gasteiger partial charge is 0.181 e. The van der Waals surface area contributed by atoms with Crippen LogP contribution in [0.3, 0.4) is 0 Å². The number of hydrogen-bond acceptors (Lipinski definition) is 3. The Kier molecular flexibility index (Phi) is 2.53. The van der Waals surface area contributed by atoms with Gasteiger partial charge in [-0.2, -0.15) is 10.4 Å². The van der Waals surface area contributed by atoms with Crippen molar-refractivity contribution in [2.75, 3.05) is 7.05 Å². The van der Waals surface area contributed by atoms with Crippen molar-refractivity contribution in [2.45, 2.75) is 0 Å². The van der Waals surface area contributed by atoms with E-state index in [1.165, 1.54) is 13.2 Å². The molecule has 0 aliphatic carbocycles. The number of rotatable bonds is 0. The van der Waals surface area contributed by atoms with Gasteiger partial charge in [-0.3, -0.25) is 0 Å². The molecule has 0 aromatic heterocycles. The van der Waals surface area contributed by atoms with Gasteiger partial charge < -0.3 is 0 Å². The molecule has 0 aliphatic heterocycles. The van der Waals surface area contributed by atoms with Crippen LogP contribution in [0, 0.1) is 11.5 Å². The molecule has 0 amide bonds. The molecule has 0 unspecified atom stereocenters. The highest BCUT2D eigenvalue weighted by Crippen LogP contribution is 1.56. The minimum Gasteiger partial charge on any atom is -0.181 e. The molecule has 3 nitrogen and oxygen atoms in total. The summed E-state index contributed by atoms with van der Waals surface area (Å²) >= 11 is 0. The van der Waals surface area contributed by atoms with E-state index in [0.29, 0.717) is 0 Å². The Morgan fingerprint density at radius 3 is 2.40 bits per heavy atom. The molecule has 0 aromatic rings. The molecule has 0 rings (SSSR count). The lowest BCUT2D eigenvalue weighted by molar-refractivity contribution is 1.17. The highest BCUT2D eigenvalue weighted by atomic mass is 15.1. The van der Waals surface area contributed by atoms with Crippen molar-refractivity contribution in [1.29, 1.82) is 5.26 Å². The second-order valence-electron chi connectivity index (χ2n) is 0.400. The third-order valence-electron chi connectivity index (χ3n) is 0.145. The van der Waals surface area contributed by atoms with Crippen molar-refractivity contribution in [3.63, 3.8) is 0 Å². The van der Waals surface area contributed by atoms with Crippen LogP contribution >= 0.6 is 0 Å². The number of nitrogens with zero attached hydrogens (tertiary/aromatic N) is 3. The summed E-state index contributed by atoms with van der Waals surface area (Å²) in [5.74, 6) is 0. The number of nitriles is 1. The summed E-state index contributed by atoms with van der Waals surface area (Å²) in [6, 6.07) is 0. The van der Waals surface area contributed by atoms with Crippen LogP contribution in [0.25, 0.3) is 0 Å². The zero-order chi connectivity index (χ0) is 4.12. The van der Waals surface area contributed by atoms with E-state index in [2.05, 4.69) is 10.2 Å². The molecule has 3 heteroatoms. The van der Waals surface area contributed by atoms with Crippen LogP contribution in [0.2, 0.25) is 0 Å². The fraction of sp³-hybridized carbons (Fsp3) is 0.500.